The standard InChI is InChI=1S/C6H7BrFNS/c7-6-2-1-5(10-6)4(8)3-9/h1-2,4H,3,9H2. The van der Waals surface area contributed by atoms with Crippen LogP contribution in [-0.4, -0.2) is 6.54 Å². The van der Waals surface area contributed by atoms with Crippen molar-refractivity contribution in [3.8, 4) is 0 Å². The second-order valence-electron chi connectivity index (χ2n) is 1.85. The van der Waals surface area contributed by atoms with Crippen LogP contribution in [-0.2, 0) is 0 Å². The minimum absolute atomic E-state index is 0.0625. The third kappa shape index (κ3) is 1.78. The molecule has 1 aromatic heterocycles. The SMILES string of the molecule is NCC(F)c1ccc(Br)s1. The van der Waals surface area contributed by atoms with E-state index in [4.69, 9.17) is 5.73 Å². The van der Waals surface area contributed by atoms with Crippen LogP contribution >= 0.6 is 27.3 Å². The highest BCUT2D eigenvalue weighted by molar-refractivity contribution is 9.11. The second-order valence-corrected chi connectivity index (χ2v) is 4.34. The molecular weight excluding hydrogens is 217 g/mol. The normalized spacial score (nSPS) is 13.5. The van der Waals surface area contributed by atoms with Gasteiger partial charge in [-0.1, -0.05) is 0 Å². The first-order valence-electron chi connectivity index (χ1n) is 2.83. The van der Waals surface area contributed by atoms with Gasteiger partial charge in [0, 0.05) is 11.4 Å². The summed E-state index contributed by atoms with van der Waals surface area (Å²) in [4.78, 5) is 0.689. The molecule has 0 aliphatic heterocycles. The smallest absolute Gasteiger partial charge is 0.146 e. The van der Waals surface area contributed by atoms with Crippen LogP contribution in [0, 0.1) is 0 Å². The Hall–Kier alpha value is 0.0700. The predicted molar refractivity (Wildman–Crippen MR) is 44.9 cm³/mol. The van der Waals surface area contributed by atoms with Crippen LogP contribution in [0.25, 0.3) is 0 Å². The Morgan fingerprint density at radius 1 is 1.70 bits per heavy atom. The number of alkyl halides is 1. The molecular formula is C6H7BrFNS. The van der Waals surface area contributed by atoms with Crippen molar-refractivity contribution in [1.82, 2.24) is 0 Å². The average Bonchev–Trinajstić information content (AvgIpc) is 2.34. The van der Waals surface area contributed by atoms with Gasteiger partial charge in [-0.25, -0.2) is 4.39 Å². The lowest BCUT2D eigenvalue weighted by molar-refractivity contribution is 0.358. The molecule has 0 radical (unpaired) electrons. The Morgan fingerprint density at radius 3 is 2.80 bits per heavy atom. The minimum atomic E-state index is -1.00. The molecule has 56 valence electrons. The van der Waals surface area contributed by atoms with Crippen LogP contribution in [0.2, 0.25) is 0 Å². The maximum Gasteiger partial charge on any atom is 0.146 e. The van der Waals surface area contributed by atoms with Gasteiger partial charge in [0.1, 0.15) is 6.17 Å². The number of halogens is 2. The molecule has 0 saturated heterocycles. The summed E-state index contributed by atoms with van der Waals surface area (Å²) in [6.07, 6.45) is -1.00. The first-order valence-corrected chi connectivity index (χ1v) is 4.44. The molecule has 1 atom stereocenters. The third-order valence-electron chi connectivity index (χ3n) is 1.11. The zero-order valence-corrected chi connectivity index (χ0v) is 7.58. The summed E-state index contributed by atoms with van der Waals surface area (Å²) in [5, 5.41) is 0. The Morgan fingerprint density at radius 2 is 2.40 bits per heavy atom. The quantitative estimate of drug-likeness (QED) is 0.820. The topological polar surface area (TPSA) is 26.0 Å². The van der Waals surface area contributed by atoms with E-state index in [1.165, 1.54) is 11.3 Å². The van der Waals surface area contributed by atoms with E-state index in [9.17, 15) is 4.39 Å². The number of hydrogen-bond donors (Lipinski definition) is 1. The summed E-state index contributed by atoms with van der Waals surface area (Å²) in [6.45, 7) is 0.0625. The van der Waals surface area contributed by atoms with Gasteiger partial charge in [0.25, 0.3) is 0 Å². The van der Waals surface area contributed by atoms with Gasteiger partial charge in [-0.3, -0.25) is 0 Å². The van der Waals surface area contributed by atoms with Crippen LogP contribution in [0.15, 0.2) is 15.9 Å². The lowest BCUT2D eigenvalue weighted by atomic mass is 10.3. The highest BCUT2D eigenvalue weighted by Gasteiger charge is 2.08. The van der Waals surface area contributed by atoms with E-state index in [-0.39, 0.29) is 6.54 Å². The zero-order valence-electron chi connectivity index (χ0n) is 5.18. The lowest BCUT2D eigenvalue weighted by Gasteiger charge is -1.98. The minimum Gasteiger partial charge on any atom is -0.327 e. The van der Waals surface area contributed by atoms with Gasteiger partial charge in [0.15, 0.2) is 0 Å². The lowest BCUT2D eigenvalue weighted by Crippen LogP contribution is -2.05. The molecule has 0 aromatic carbocycles. The van der Waals surface area contributed by atoms with Crippen molar-refractivity contribution >= 4 is 27.3 Å². The van der Waals surface area contributed by atoms with Crippen molar-refractivity contribution in [3.63, 3.8) is 0 Å². The molecule has 0 amide bonds. The summed E-state index contributed by atoms with van der Waals surface area (Å²) in [5.41, 5.74) is 5.13. The van der Waals surface area contributed by atoms with E-state index < -0.39 is 6.17 Å². The summed E-state index contributed by atoms with van der Waals surface area (Å²) in [6, 6.07) is 3.56. The van der Waals surface area contributed by atoms with E-state index >= 15 is 0 Å². The fourth-order valence-electron chi connectivity index (χ4n) is 0.613. The van der Waals surface area contributed by atoms with Crippen molar-refractivity contribution in [2.45, 2.75) is 6.17 Å². The molecule has 4 heteroatoms. The molecule has 0 bridgehead atoms. The number of nitrogens with two attached hydrogens (primary N) is 1. The first-order chi connectivity index (χ1) is 4.74. The van der Waals surface area contributed by atoms with Gasteiger partial charge in [-0.2, -0.15) is 0 Å². The fraction of sp³-hybridized carbons (Fsp3) is 0.333. The van der Waals surface area contributed by atoms with E-state index in [0.29, 0.717) is 4.88 Å². The van der Waals surface area contributed by atoms with Crippen LogP contribution in [0.1, 0.15) is 11.0 Å². The molecule has 1 heterocycles. The second kappa shape index (κ2) is 3.46. The molecule has 1 unspecified atom stereocenters. The van der Waals surface area contributed by atoms with Gasteiger partial charge in [-0.05, 0) is 28.1 Å². The summed E-state index contributed by atoms with van der Waals surface area (Å²) >= 11 is 4.62. The van der Waals surface area contributed by atoms with Crippen molar-refractivity contribution in [2.24, 2.45) is 5.73 Å². The molecule has 0 aliphatic rings. The van der Waals surface area contributed by atoms with Gasteiger partial charge in [-0.15, -0.1) is 11.3 Å². The number of hydrogen-bond acceptors (Lipinski definition) is 2. The highest BCUT2D eigenvalue weighted by Crippen LogP contribution is 2.28. The summed E-state index contributed by atoms with van der Waals surface area (Å²) in [5.74, 6) is 0. The maximum atomic E-state index is 12.7. The zero-order chi connectivity index (χ0) is 7.56. The Bertz CT molecular complexity index is 213. The van der Waals surface area contributed by atoms with Crippen molar-refractivity contribution < 1.29 is 4.39 Å². The van der Waals surface area contributed by atoms with Gasteiger partial charge < -0.3 is 5.73 Å². The summed E-state index contributed by atoms with van der Waals surface area (Å²) < 4.78 is 13.7. The van der Waals surface area contributed by atoms with Crippen molar-refractivity contribution in [3.05, 3.63) is 20.8 Å². The van der Waals surface area contributed by atoms with E-state index in [1.807, 2.05) is 6.07 Å². The molecule has 2 N–H and O–H groups in total. The molecule has 10 heavy (non-hydrogen) atoms. The van der Waals surface area contributed by atoms with Crippen LogP contribution in [0.3, 0.4) is 0 Å². The van der Waals surface area contributed by atoms with Gasteiger partial charge in [0.05, 0.1) is 3.79 Å². The molecule has 0 spiro atoms. The van der Waals surface area contributed by atoms with E-state index in [2.05, 4.69) is 15.9 Å². The van der Waals surface area contributed by atoms with Crippen molar-refractivity contribution in [2.75, 3.05) is 6.54 Å². The van der Waals surface area contributed by atoms with E-state index in [1.54, 1.807) is 6.07 Å². The molecule has 0 fully saturated rings. The number of rotatable bonds is 2. The Balaban J connectivity index is 2.74. The Labute approximate surface area is 71.2 Å². The van der Waals surface area contributed by atoms with Gasteiger partial charge >= 0.3 is 0 Å². The van der Waals surface area contributed by atoms with Crippen LogP contribution in [0.5, 0.6) is 0 Å². The van der Waals surface area contributed by atoms with Gasteiger partial charge in [0.2, 0.25) is 0 Å². The molecule has 0 aliphatic carbocycles. The molecule has 1 aromatic rings. The van der Waals surface area contributed by atoms with Crippen LogP contribution in [0.4, 0.5) is 4.39 Å². The fourth-order valence-corrected chi connectivity index (χ4v) is 2.03. The Kier molecular flexibility index (Phi) is 2.82. The third-order valence-corrected chi connectivity index (χ3v) is 2.82. The monoisotopic (exact) mass is 223 g/mol. The van der Waals surface area contributed by atoms with Crippen LogP contribution < -0.4 is 5.73 Å². The highest BCUT2D eigenvalue weighted by atomic mass is 79.9. The predicted octanol–water partition coefficient (Wildman–Crippen LogP) is 2.48. The largest absolute Gasteiger partial charge is 0.327 e. The maximum absolute atomic E-state index is 12.7. The average molecular weight is 224 g/mol. The van der Waals surface area contributed by atoms with Crippen molar-refractivity contribution in [1.29, 1.82) is 0 Å². The molecule has 1 rings (SSSR count). The van der Waals surface area contributed by atoms with E-state index in [0.717, 1.165) is 3.79 Å². The number of thiophene rings is 1. The molecule has 0 saturated carbocycles. The summed E-state index contributed by atoms with van der Waals surface area (Å²) in [7, 11) is 0. The molecule has 1 nitrogen and oxygen atoms in total. The first kappa shape index (κ1) is 8.17.